The van der Waals surface area contributed by atoms with E-state index in [1.807, 2.05) is 56.3 Å². The van der Waals surface area contributed by atoms with Crippen LogP contribution in [0.15, 0.2) is 73.1 Å². The van der Waals surface area contributed by atoms with E-state index in [2.05, 4.69) is 21.4 Å². The number of nitrogens with two attached hydrogens (primary N) is 1. The van der Waals surface area contributed by atoms with E-state index in [4.69, 9.17) is 35.3 Å². The summed E-state index contributed by atoms with van der Waals surface area (Å²) in [5, 5.41) is 28.8. The molecule has 5 aromatic rings. The summed E-state index contributed by atoms with van der Waals surface area (Å²) < 4.78 is 85.0. The van der Waals surface area contributed by atoms with E-state index in [1.165, 1.54) is 0 Å². The highest BCUT2D eigenvalue weighted by Crippen LogP contribution is 2.35. The summed E-state index contributed by atoms with van der Waals surface area (Å²) in [6.07, 6.45) is -6.03. The van der Waals surface area contributed by atoms with Crippen LogP contribution in [-0.2, 0) is 16.0 Å². The Morgan fingerprint density at radius 3 is 2.23 bits per heavy atom. The molecule has 0 saturated heterocycles. The van der Waals surface area contributed by atoms with E-state index in [-0.39, 0.29) is 5.75 Å². The Hall–Kier alpha value is -6.38. The molecule has 0 aliphatic rings. The third-order valence-electron chi connectivity index (χ3n) is 6.90. The van der Waals surface area contributed by atoms with Crippen LogP contribution in [0.1, 0.15) is 42.4 Å². The van der Waals surface area contributed by atoms with Gasteiger partial charge in [-0.1, -0.05) is 25.1 Å². The number of imidazole rings is 1. The van der Waals surface area contributed by atoms with Crippen molar-refractivity contribution in [3.63, 3.8) is 0 Å². The summed E-state index contributed by atoms with van der Waals surface area (Å²) in [4.78, 5) is 30.0. The summed E-state index contributed by atoms with van der Waals surface area (Å²) in [6, 6.07) is 19.9. The number of H-pyrrole nitrogens is 1. The number of anilines is 2. The number of rotatable bonds is 8. The van der Waals surface area contributed by atoms with Gasteiger partial charge in [0.2, 0.25) is 0 Å². The zero-order chi connectivity index (χ0) is 38.8. The molecule has 18 heteroatoms. The Kier molecular flexibility index (Phi) is 13.1. The number of carboxylic acids is 2. The molecule has 1 atom stereocenters. The van der Waals surface area contributed by atoms with Crippen molar-refractivity contribution in [2.45, 2.75) is 38.7 Å². The minimum Gasteiger partial charge on any atom is -0.491 e. The molecule has 0 radical (unpaired) electrons. The molecular formula is C34H29F7N6O5. The largest absolute Gasteiger partial charge is 0.491 e. The lowest BCUT2D eigenvalue weighted by Crippen LogP contribution is -2.21. The number of carboxylic acid groups (broad SMARTS) is 2. The van der Waals surface area contributed by atoms with Gasteiger partial charge >= 0.3 is 24.3 Å². The van der Waals surface area contributed by atoms with Crippen molar-refractivity contribution in [1.82, 2.24) is 15.0 Å². The van der Waals surface area contributed by atoms with E-state index < -0.39 is 36.2 Å². The van der Waals surface area contributed by atoms with Gasteiger partial charge in [0, 0.05) is 34.6 Å². The van der Waals surface area contributed by atoms with Crippen LogP contribution in [0.25, 0.3) is 22.0 Å². The average molecular weight is 735 g/mol. The lowest BCUT2D eigenvalue weighted by molar-refractivity contribution is -0.193. The molecule has 0 aliphatic heterocycles. The maximum absolute atomic E-state index is 15.9. The average Bonchev–Trinajstić information content (AvgIpc) is 3.58. The normalized spacial score (nSPS) is 11.6. The first kappa shape index (κ1) is 40.1. The predicted molar refractivity (Wildman–Crippen MR) is 175 cm³/mol. The summed E-state index contributed by atoms with van der Waals surface area (Å²) >= 11 is 0. The number of aromatic amines is 1. The number of ether oxygens (including phenoxy) is 1. The van der Waals surface area contributed by atoms with Gasteiger partial charge in [-0.25, -0.2) is 23.9 Å². The predicted octanol–water partition coefficient (Wildman–Crippen LogP) is 7.65. The number of aryl methyl sites for hydroxylation is 1. The van der Waals surface area contributed by atoms with Gasteiger partial charge in [0.15, 0.2) is 11.6 Å². The van der Waals surface area contributed by atoms with Crippen LogP contribution < -0.4 is 15.8 Å². The molecule has 3 aromatic carbocycles. The number of aromatic nitrogens is 3. The molecule has 0 aliphatic carbocycles. The van der Waals surface area contributed by atoms with Crippen LogP contribution in [0.3, 0.4) is 0 Å². The maximum Gasteiger partial charge on any atom is 0.490 e. The first-order chi connectivity index (χ1) is 24.4. The number of halogens is 7. The number of pyridine rings is 1. The number of aliphatic carboxylic acids is 2. The Morgan fingerprint density at radius 2 is 1.65 bits per heavy atom. The van der Waals surface area contributed by atoms with E-state index >= 15 is 4.39 Å². The maximum atomic E-state index is 15.9. The zero-order valence-corrected chi connectivity index (χ0v) is 27.1. The lowest BCUT2D eigenvalue weighted by atomic mass is 9.99. The summed E-state index contributed by atoms with van der Waals surface area (Å²) in [6.45, 7) is 4.20. The van der Waals surface area contributed by atoms with Gasteiger partial charge in [0.05, 0.1) is 23.9 Å². The number of alkyl halides is 6. The highest BCUT2D eigenvalue weighted by atomic mass is 19.4. The second-order valence-electron chi connectivity index (χ2n) is 10.5. The Labute approximate surface area is 290 Å². The van der Waals surface area contributed by atoms with Gasteiger partial charge in [0.1, 0.15) is 17.7 Å². The quantitative estimate of drug-likeness (QED) is 0.0992. The Morgan fingerprint density at radius 1 is 1.00 bits per heavy atom. The van der Waals surface area contributed by atoms with Gasteiger partial charge in [-0.3, -0.25) is 0 Å². The second kappa shape index (κ2) is 17.0. The molecule has 11 nitrogen and oxygen atoms in total. The van der Waals surface area contributed by atoms with E-state index in [9.17, 15) is 31.6 Å². The van der Waals surface area contributed by atoms with Crippen molar-refractivity contribution in [3.05, 3.63) is 101 Å². The number of nitrogens with zero attached hydrogens (tertiary/aromatic N) is 3. The van der Waals surface area contributed by atoms with Crippen molar-refractivity contribution in [1.29, 1.82) is 5.26 Å². The lowest BCUT2D eigenvalue weighted by Gasteiger charge is -2.22. The molecule has 274 valence electrons. The van der Waals surface area contributed by atoms with E-state index in [0.29, 0.717) is 41.5 Å². The van der Waals surface area contributed by atoms with Gasteiger partial charge in [-0.15, -0.1) is 0 Å². The molecular weight excluding hydrogens is 705 g/mol. The molecule has 5 rings (SSSR count). The molecule has 1 unspecified atom stereocenters. The van der Waals surface area contributed by atoms with E-state index in [1.54, 1.807) is 30.6 Å². The van der Waals surface area contributed by atoms with Gasteiger partial charge in [-0.05, 0) is 66.8 Å². The van der Waals surface area contributed by atoms with Crippen LogP contribution in [-0.4, -0.2) is 56.1 Å². The van der Waals surface area contributed by atoms with Gasteiger partial charge in [0.25, 0.3) is 0 Å². The number of nitrogen functional groups attached to an aromatic ring is 1. The van der Waals surface area contributed by atoms with Crippen LogP contribution >= 0.6 is 0 Å². The number of fused-ring (bicyclic) bond motifs is 1. The fourth-order valence-corrected chi connectivity index (χ4v) is 4.49. The number of benzene rings is 3. The fraction of sp³-hybridized carbons (Fsp3) is 0.206. The monoisotopic (exact) mass is 734 g/mol. The van der Waals surface area contributed by atoms with Crippen LogP contribution in [0, 0.1) is 17.1 Å². The number of nitrogens with one attached hydrogen (secondary N) is 2. The zero-order valence-electron chi connectivity index (χ0n) is 27.1. The molecule has 0 spiro atoms. The molecule has 2 aromatic heterocycles. The first-order valence-corrected chi connectivity index (χ1v) is 14.9. The summed E-state index contributed by atoms with van der Waals surface area (Å²) in [5.41, 5.74) is 10.1. The number of hydrogen-bond donors (Lipinski definition) is 5. The highest BCUT2D eigenvalue weighted by Gasteiger charge is 2.39. The highest BCUT2D eigenvalue weighted by molar-refractivity contribution is 5.93. The third-order valence-corrected chi connectivity index (χ3v) is 6.90. The van der Waals surface area contributed by atoms with Crippen LogP contribution in [0.4, 0.5) is 42.2 Å². The Balaban J connectivity index is 0.000000441. The molecule has 6 N–H and O–H groups in total. The molecule has 0 amide bonds. The smallest absolute Gasteiger partial charge is 0.490 e. The minimum absolute atomic E-state index is 0.208. The van der Waals surface area contributed by atoms with Gasteiger partial charge in [-0.2, -0.15) is 31.6 Å². The van der Waals surface area contributed by atoms with Crippen molar-refractivity contribution in [2.75, 3.05) is 17.7 Å². The van der Waals surface area contributed by atoms with Crippen molar-refractivity contribution in [3.8, 4) is 23.1 Å². The van der Waals surface area contributed by atoms with E-state index in [0.717, 1.165) is 27.6 Å². The molecule has 52 heavy (non-hydrogen) atoms. The van der Waals surface area contributed by atoms with Crippen molar-refractivity contribution in [2.24, 2.45) is 0 Å². The molecule has 0 fully saturated rings. The SMILES string of the molecule is CCOc1cc(CC)cc(C(Nc2ccc3c(N)nccc3c2)c2nc(-c3cccc(C#N)c3)c[nH]2)c1F.O=C(O)C(F)(F)F.O=C(O)C(F)(F)F. The molecule has 0 bridgehead atoms. The standard InChI is InChI=1S/C30H27FN6O.2C2HF3O2/c1-3-18-13-24(27(31)26(14-18)38-4-2)28(36-22-8-9-23-20(15-22)10-11-34-29(23)33)30-35-17-25(37-30)21-7-5-6-19(12-21)16-32;2*3-2(4,5)1(6)7/h5-15,17,28,36H,3-4H2,1-2H3,(H2,33,34)(H,35,37);2*(H,6,7). The van der Waals surface area contributed by atoms with Crippen molar-refractivity contribution >= 4 is 34.2 Å². The minimum atomic E-state index is -5.08. The number of nitriles is 1. The number of hydrogen-bond acceptors (Lipinski definition) is 8. The fourth-order valence-electron chi connectivity index (χ4n) is 4.49. The molecule has 2 heterocycles. The van der Waals surface area contributed by atoms with Crippen LogP contribution in [0.2, 0.25) is 0 Å². The number of carbonyl (C=O) groups is 2. The summed E-state index contributed by atoms with van der Waals surface area (Å²) in [7, 11) is 0. The first-order valence-electron chi connectivity index (χ1n) is 14.9. The van der Waals surface area contributed by atoms with Crippen molar-refractivity contribution < 1.29 is 55.3 Å². The summed E-state index contributed by atoms with van der Waals surface area (Å²) in [5.74, 6) is -4.78. The molecule has 0 saturated carbocycles. The second-order valence-corrected chi connectivity index (χ2v) is 10.5. The third kappa shape index (κ3) is 10.6. The van der Waals surface area contributed by atoms with Gasteiger partial charge < -0.3 is 31.0 Å². The topological polar surface area (TPSA) is 187 Å². The van der Waals surface area contributed by atoms with Crippen LogP contribution in [0.5, 0.6) is 5.75 Å². The Bertz CT molecular complexity index is 2050.